The lowest BCUT2D eigenvalue weighted by Crippen LogP contribution is -2.53. The highest BCUT2D eigenvalue weighted by molar-refractivity contribution is 5.76. The third-order valence-electron chi connectivity index (χ3n) is 3.30. The molecule has 0 radical (unpaired) electrons. The summed E-state index contributed by atoms with van der Waals surface area (Å²) in [6, 6.07) is -0.757. The van der Waals surface area contributed by atoms with Gasteiger partial charge < -0.3 is 10.8 Å². The summed E-state index contributed by atoms with van der Waals surface area (Å²) in [5, 5.41) is 12.5. The summed E-state index contributed by atoms with van der Waals surface area (Å²) in [6.45, 7) is 2.08. The molecule has 3 N–H and O–H groups in total. The summed E-state index contributed by atoms with van der Waals surface area (Å²) in [7, 11) is 0. The number of hydrogen-bond acceptors (Lipinski definition) is 4. The van der Waals surface area contributed by atoms with Gasteiger partial charge in [0.05, 0.1) is 0 Å². The van der Waals surface area contributed by atoms with Crippen molar-refractivity contribution in [2.24, 2.45) is 5.73 Å². The zero-order valence-electron chi connectivity index (χ0n) is 10.8. The number of unbranched alkanes of at least 4 members (excludes halogenated alkanes) is 1. The number of rotatable bonds is 8. The van der Waals surface area contributed by atoms with Gasteiger partial charge in [-0.15, -0.1) is 0 Å². The summed E-state index contributed by atoms with van der Waals surface area (Å²) in [6.07, 6.45) is 5.80. The first-order valence-corrected chi connectivity index (χ1v) is 6.62. The van der Waals surface area contributed by atoms with Crippen molar-refractivity contribution in [1.82, 2.24) is 10.0 Å². The van der Waals surface area contributed by atoms with Gasteiger partial charge in [-0.05, 0) is 38.6 Å². The van der Waals surface area contributed by atoms with Crippen LogP contribution in [0.1, 0.15) is 38.5 Å². The molecular formula is C12H23N3O3. The second kappa shape index (κ2) is 8.05. The third-order valence-corrected chi connectivity index (χ3v) is 3.30. The van der Waals surface area contributed by atoms with Crippen LogP contribution in [0.25, 0.3) is 0 Å². The van der Waals surface area contributed by atoms with Crippen LogP contribution in [-0.2, 0) is 9.59 Å². The van der Waals surface area contributed by atoms with Gasteiger partial charge in [-0.2, -0.15) is 0 Å². The number of hydrogen-bond donors (Lipinski definition) is 2. The fourth-order valence-electron chi connectivity index (χ4n) is 2.30. The number of carbonyl (C=O) groups is 2. The van der Waals surface area contributed by atoms with E-state index in [0.29, 0.717) is 19.4 Å². The molecule has 0 bridgehead atoms. The van der Waals surface area contributed by atoms with Crippen LogP contribution in [-0.4, -0.2) is 53.2 Å². The molecule has 1 aliphatic rings. The fourth-order valence-corrected chi connectivity index (χ4v) is 2.30. The molecule has 0 aromatic rings. The van der Waals surface area contributed by atoms with Crippen LogP contribution in [0.3, 0.4) is 0 Å². The van der Waals surface area contributed by atoms with Crippen molar-refractivity contribution in [1.29, 1.82) is 0 Å². The minimum atomic E-state index is -0.940. The summed E-state index contributed by atoms with van der Waals surface area (Å²) in [5.41, 5.74) is 5.40. The number of hydrazine groups is 1. The SMILES string of the molecule is NCCCCC(C(=O)O)N(C=O)N1CCCCC1. The average molecular weight is 257 g/mol. The highest BCUT2D eigenvalue weighted by atomic mass is 16.4. The van der Waals surface area contributed by atoms with E-state index in [9.17, 15) is 14.7 Å². The number of nitrogens with two attached hydrogens (primary N) is 1. The standard InChI is InChI=1S/C12H23N3O3/c13-7-3-2-6-11(12(17)18)15(10-16)14-8-4-1-5-9-14/h10-11H,1-9,13H2,(H,17,18). The Morgan fingerprint density at radius 1 is 1.33 bits per heavy atom. The van der Waals surface area contributed by atoms with Crippen LogP contribution in [0, 0.1) is 0 Å². The van der Waals surface area contributed by atoms with E-state index >= 15 is 0 Å². The molecule has 1 rings (SSSR count). The Balaban J connectivity index is 2.60. The Kier molecular flexibility index (Phi) is 6.67. The van der Waals surface area contributed by atoms with Crippen LogP contribution in [0.15, 0.2) is 0 Å². The predicted molar refractivity (Wildman–Crippen MR) is 67.7 cm³/mol. The monoisotopic (exact) mass is 257 g/mol. The first-order chi connectivity index (χ1) is 8.70. The first-order valence-electron chi connectivity index (χ1n) is 6.62. The Hall–Kier alpha value is -1.14. The molecule has 1 aliphatic heterocycles. The largest absolute Gasteiger partial charge is 0.480 e. The van der Waals surface area contributed by atoms with Crippen LogP contribution in [0.5, 0.6) is 0 Å². The molecule has 0 aliphatic carbocycles. The van der Waals surface area contributed by atoms with Gasteiger partial charge in [0.1, 0.15) is 6.04 Å². The lowest BCUT2D eigenvalue weighted by molar-refractivity contribution is -0.162. The van der Waals surface area contributed by atoms with Crippen molar-refractivity contribution < 1.29 is 14.7 Å². The molecule has 0 spiro atoms. The van der Waals surface area contributed by atoms with E-state index in [2.05, 4.69) is 0 Å². The molecule has 0 aromatic carbocycles. The zero-order valence-corrected chi connectivity index (χ0v) is 10.8. The number of carboxylic acids is 1. The molecule has 1 heterocycles. The summed E-state index contributed by atoms with van der Waals surface area (Å²) >= 11 is 0. The molecule has 6 heteroatoms. The summed E-state index contributed by atoms with van der Waals surface area (Å²) in [5.74, 6) is -0.940. The maximum atomic E-state index is 11.3. The number of amides is 1. The van der Waals surface area contributed by atoms with Crippen molar-refractivity contribution in [3.8, 4) is 0 Å². The molecule has 6 nitrogen and oxygen atoms in total. The quantitative estimate of drug-likeness (QED) is 0.486. The van der Waals surface area contributed by atoms with Gasteiger partial charge in [-0.1, -0.05) is 6.42 Å². The highest BCUT2D eigenvalue weighted by Gasteiger charge is 2.29. The Labute approximate surface area is 108 Å². The molecule has 0 saturated carbocycles. The van der Waals surface area contributed by atoms with E-state index in [1.54, 1.807) is 0 Å². The first kappa shape index (κ1) is 14.9. The number of nitrogens with zero attached hydrogens (tertiary/aromatic N) is 2. The molecule has 1 amide bonds. The van der Waals surface area contributed by atoms with Gasteiger partial charge in [0.25, 0.3) is 0 Å². The topological polar surface area (TPSA) is 86.9 Å². The van der Waals surface area contributed by atoms with E-state index in [4.69, 9.17) is 5.73 Å². The Morgan fingerprint density at radius 2 is 2.00 bits per heavy atom. The second-order valence-electron chi connectivity index (χ2n) is 4.64. The maximum absolute atomic E-state index is 11.3. The van der Waals surface area contributed by atoms with Crippen LogP contribution in [0.2, 0.25) is 0 Å². The molecule has 104 valence electrons. The highest BCUT2D eigenvalue weighted by Crippen LogP contribution is 2.16. The van der Waals surface area contributed by atoms with Gasteiger partial charge in [-0.25, -0.2) is 9.80 Å². The number of piperidine rings is 1. The van der Waals surface area contributed by atoms with Crippen molar-refractivity contribution >= 4 is 12.4 Å². The van der Waals surface area contributed by atoms with Crippen LogP contribution in [0.4, 0.5) is 0 Å². The molecular weight excluding hydrogens is 234 g/mol. The van der Waals surface area contributed by atoms with E-state index in [1.807, 2.05) is 5.01 Å². The Morgan fingerprint density at radius 3 is 2.50 bits per heavy atom. The van der Waals surface area contributed by atoms with Crippen molar-refractivity contribution in [2.75, 3.05) is 19.6 Å². The predicted octanol–water partition coefficient (Wildman–Crippen LogP) is 0.428. The lowest BCUT2D eigenvalue weighted by Gasteiger charge is -2.38. The van der Waals surface area contributed by atoms with Gasteiger partial charge in [0.2, 0.25) is 6.41 Å². The number of aliphatic carboxylic acids is 1. The van der Waals surface area contributed by atoms with Gasteiger partial charge >= 0.3 is 5.97 Å². The molecule has 1 fully saturated rings. The van der Waals surface area contributed by atoms with Gasteiger partial charge in [-0.3, -0.25) is 9.80 Å². The zero-order chi connectivity index (χ0) is 13.4. The number of carboxylic acid groups (broad SMARTS) is 1. The summed E-state index contributed by atoms with van der Waals surface area (Å²) in [4.78, 5) is 22.5. The molecule has 1 unspecified atom stereocenters. The molecule has 1 atom stereocenters. The summed E-state index contributed by atoms with van der Waals surface area (Å²) < 4.78 is 0. The number of carbonyl (C=O) groups excluding carboxylic acids is 1. The molecule has 18 heavy (non-hydrogen) atoms. The minimum Gasteiger partial charge on any atom is -0.480 e. The van der Waals surface area contributed by atoms with Crippen molar-refractivity contribution in [3.63, 3.8) is 0 Å². The van der Waals surface area contributed by atoms with E-state index in [1.165, 1.54) is 5.01 Å². The van der Waals surface area contributed by atoms with E-state index in [-0.39, 0.29) is 0 Å². The lowest BCUT2D eigenvalue weighted by atomic mass is 10.1. The minimum absolute atomic E-state index is 0.460. The van der Waals surface area contributed by atoms with Crippen LogP contribution >= 0.6 is 0 Å². The Bertz CT molecular complexity index is 267. The molecule has 0 aromatic heterocycles. The fraction of sp³-hybridized carbons (Fsp3) is 0.833. The van der Waals surface area contributed by atoms with Gasteiger partial charge in [0, 0.05) is 13.1 Å². The smallest absolute Gasteiger partial charge is 0.328 e. The molecule has 1 saturated heterocycles. The van der Waals surface area contributed by atoms with Gasteiger partial charge in [0.15, 0.2) is 0 Å². The van der Waals surface area contributed by atoms with E-state index in [0.717, 1.165) is 45.2 Å². The van der Waals surface area contributed by atoms with Crippen molar-refractivity contribution in [3.05, 3.63) is 0 Å². The normalized spacial score (nSPS) is 18.3. The average Bonchev–Trinajstić information content (AvgIpc) is 2.39. The van der Waals surface area contributed by atoms with Crippen LogP contribution < -0.4 is 5.73 Å². The van der Waals surface area contributed by atoms with Crippen molar-refractivity contribution in [2.45, 2.75) is 44.6 Å². The second-order valence-corrected chi connectivity index (χ2v) is 4.64. The van der Waals surface area contributed by atoms with E-state index < -0.39 is 12.0 Å². The maximum Gasteiger partial charge on any atom is 0.328 e. The third kappa shape index (κ3) is 4.27.